The predicted octanol–water partition coefficient (Wildman–Crippen LogP) is 3.44. The van der Waals surface area contributed by atoms with E-state index in [0.29, 0.717) is 30.3 Å². The molecule has 1 saturated heterocycles. The lowest BCUT2D eigenvalue weighted by Crippen LogP contribution is -2.42. The Morgan fingerprint density at radius 2 is 2.00 bits per heavy atom. The summed E-state index contributed by atoms with van der Waals surface area (Å²) in [6.45, 7) is 5.13. The standard InChI is InChI=1S/C18H24ClNO4/c1-12-8-15(9-13(2)18(12)19)24-11-16(21)20-7-3-4-14(10-20)5-6-17(22)23/h8-9,14H,3-7,10-11H2,1-2H3,(H,22,23). The number of amides is 1. The molecule has 1 heterocycles. The molecule has 1 N–H and O–H groups in total. The van der Waals surface area contributed by atoms with Crippen LogP contribution in [0.15, 0.2) is 12.1 Å². The highest BCUT2D eigenvalue weighted by atomic mass is 35.5. The molecule has 6 heteroatoms. The number of halogens is 1. The third-order valence-corrected chi connectivity index (χ3v) is 5.01. The number of rotatable bonds is 6. The summed E-state index contributed by atoms with van der Waals surface area (Å²) < 4.78 is 5.63. The average Bonchev–Trinajstić information content (AvgIpc) is 2.55. The Balaban J connectivity index is 1.86. The fourth-order valence-corrected chi connectivity index (χ4v) is 3.19. The summed E-state index contributed by atoms with van der Waals surface area (Å²) in [5, 5.41) is 9.50. The Hall–Kier alpha value is -1.75. The number of piperidine rings is 1. The van der Waals surface area contributed by atoms with Gasteiger partial charge in [0, 0.05) is 24.5 Å². The topological polar surface area (TPSA) is 66.8 Å². The van der Waals surface area contributed by atoms with Crippen molar-refractivity contribution in [1.82, 2.24) is 4.90 Å². The van der Waals surface area contributed by atoms with Crippen LogP contribution >= 0.6 is 11.6 Å². The van der Waals surface area contributed by atoms with Crippen molar-refractivity contribution < 1.29 is 19.4 Å². The van der Waals surface area contributed by atoms with Crippen LogP contribution in [-0.4, -0.2) is 41.6 Å². The van der Waals surface area contributed by atoms with Gasteiger partial charge in [-0.2, -0.15) is 0 Å². The second kappa shape index (κ2) is 8.38. The van der Waals surface area contributed by atoms with Crippen LogP contribution in [0.3, 0.4) is 0 Å². The van der Waals surface area contributed by atoms with E-state index in [1.807, 2.05) is 26.0 Å². The number of carbonyl (C=O) groups is 2. The lowest BCUT2D eigenvalue weighted by molar-refractivity contribution is -0.137. The zero-order valence-electron chi connectivity index (χ0n) is 14.2. The molecule has 132 valence electrons. The van der Waals surface area contributed by atoms with Gasteiger partial charge in [0.15, 0.2) is 6.61 Å². The van der Waals surface area contributed by atoms with Crippen LogP contribution in [0.5, 0.6) is 5.75 Å². The van der Waals surface area contributed by atoms with Crippen molar-refractivity contribution in [2.75, 3.05) is 19.7 Å². The molecule has 1 aromatic rings. The molecule has 1 atom stereocenters. The van der Waals surface area contributed by atoms with Gasteiger partial charge in [-0.15, -0.1) is 0 Å². The molecule has 5 nitrogen and oxygen atoms in total. The fraction of sp³-hybridized carbons (Fsp3) is 0.556. The Kier molecular flexibility index (Phi) is 6.49. The molecule has 1 unspecified atom stereocenters. The zero-order chi connectivity index (χ0) is 17.7. The van der Waals surface area contributed by atoms with E-state index >= 15 is 0 Å². The molecule has 1 amide bonds. The molecule has 1 aliphatic heterocycles. The third kappa shape index (κ3) is 5.13. The van der Waals surface area contributed by atoms with Crippen molar-refractivity contribution in [3.8, 4) is 5.75 Å². The van der Waals surface area contributed by atoms with Crippen LogP contribution in [0.2, 0.25) is 5.02 Å². The summed E-state index contributed by atoms with van der Waals surface area (Å²) in [4.78, 5) is 24.8. The number of nitrogens with zero attached hydrogens (tertiary/aromatic N) is 1. The van der Waals surface area contributed by atoms with Crippen molar-refractivity contribution in [2.45, 2.75) is 39.5 Å². The molecule has 2 rings (SSSR count). The Labute approximate surface area is 147 Å². The maximum Gasteiger partial charge on any atom is 0.303 e. The lowest BCUT2D eigenvalue weighted by Gasteiger charge is -2.32. The number of aliphatic carboxylic acids is 1. The molecule has 24 heavy (non-hydrogen) atoms. The predicted molar refractivity (Wildman–Crippen MR) is 92.6 cm³/mol. The summed E-state index contributed by atoms with van der Waals surface area (Å²) in [7, 11) is 0. The Morgan fingerprint density at radius 1 is 1.33 bits per heavy atom. The third-order valence-electron chi connectivity index (χ3n) is 4.41. The number of ether oxygens (including phenoxy) is 1. The maximum atomic E-state index is 12.4. The highest BCUT2D eigenvalue weighted by Gasteiger charge is 2.24. The van der Waals surface area contributed by atoms with Crippen LogP contribution in [-0.2, 0) is 9.59 Å². The molecule has 0 spiro atoms. The molecule has 0 saturated carbocycles. The van der Waals surface area contributed by atoms with Gasteiger partial charge >= 0.3 is 5.97 Å². The summed E-state index contributed by atoms with van der Waals surface area (Å²) in [5.74, 6) is 0.0662. The van der Waals surface area contributed by atoms with Gasteiger partial charge in [-0.1, -0.05) is 11.6 Å². The molecule has 0 aromatic heterocycles. The molecule has 1 fully saturated rings. The molecule has 0 radical (unpaired) electrons. The van der Waals surface area contributed by atoms with Gasteiger partial charge in [0.1, 0.15) is 5.75 Å². The molecular formula is C18H24ClNO4. The number of carbonyl (C=O) groups excluding carboxylic acids is 1. The number of aryl methyl sites for hydroxylation is 2. The second-order valence-electron chi connectivity index (χ2n) is 6.44. The van der Waals surface area contributed by atoms with Gasteiger partial charge in [0.05, 0.1) is 0 Å². The first kappa shape index (κ1) is 18.6. The van der Waals surface area contributed by atoms with E-state index in [0.717, 1.165) is 24.0 Å². The van der Waals surface area contributed by atoms with Crippen molar-refractivity contribution in [3.63, 3.8) is 0 Å². The number of carboxylic acid groups (broad SMARTS) is 1. The maximum absolute atomic E-state index is 12.4. The molecular weight excluding hydrogens is 330 g/mol. The van der Waals surface area contributed by atoms with Gasteiger partial charge in [-0.3, -0.25) is 9.59 Å². The van der Waals surface area contributed by atoms with Crippen molar-refractivity contribution >= 4 is 23.5 Å². The fourth-order valence-electron chi connectivity index (χ4n) is 3.08. The monoisotopic (exact) mass is 353 g/mol. The second-order valence-corrected chi connectivity index (χ2v) is 6.82. The van der Waals surface area contributed by atoms with Crippen LogP contribution in [0.1, 0.15) is 36.8 Å². The minimum Gasteiger partial charge on any atom is -0.484 e. The Bertz CT molecular complexity index is 594. The minimum absolute atomic E-state index is 0.00777. The Morgan fingerprint density at radius 3 is 2.62 bits per heavy atom. The van der Waals surface area contributed by atoms with Crippen molar-refractivity contribution in [1.29, 1.82) is 0 Å². The SMILES string of the molecule is Cc1cc(OCC(=O)N2CCCC(CCC(=O)O)C2)cc(C)c1Cl. The average molecular weight is 354 g/mol. The first-order valence-electron chi connectivity index (χ1n) is 8.26. The number of carboxylic acids is 1. The molecule has 1 aliphatic rings. The van der Waals surface area contributed by atoms with Crippen LogP contribution in [0.25, 0.3) is 0 Å². The van der Waals surface area contributed by atoms with Gasteiger partial charge in [0.25, 0.3) is 5.91 Å². The minimum atomic E-state index is -0.782. The summed E-state index contributed by atoms with van der Waals surface area (Å²) >= 11 is 6.13. The summed E-state index contributed by atoms with van der Waals surface area (Å²) in [5.41, 5.74) is 1.84. The smallest absolute Gasteiger partial charge is 0.303 e. The largest absolute Gasteiger partial charge is 0.484 e. The summed E-state index contributed by atoms with van der Waals surface area (Å²) in [6, 6.07) is 3.66. The molecule has 0 bridgehead atoms. The first-order valence-corrected chi connectivity index (χ1v) is 8.63. The number of likely N-dealkylation sites (tertiary alicyclic amines) is 1. The number of hydrogen-bond donors (Lipinski definition) is 1. The van der Waals surface area contributed by atoms with Gasteiger partial charge < -0.3 is 14.7 Å². The number of hydrogen-bond acceptors (Lipinski definition) is 3. The van der Waals surface area contributed by atoms with Crippen LogP contribution in [0, 0.1) is 19.8 Å². The van der Waals surface area contributed by atoms with E-state index in [-0.39, 0.29) is 24.9 Å². The van der Waals surface area contributed by atoms with Crippen molar-refractivity contribution in [3.05, 3.63) is 28.3 Å². The van der Waals surface area contributed by atoms with Gasteiger partial charge in [-0.25, -0.2) is 0 Å². The zero-order valence-corrected chi connectivity index (χ0v) is 14.9. The van der Waals surface area contributed by atoms with Crippen molar-refractivity contribution in [2.24, 2.45) is 5.92 Å². The van der Waals surface area contributed by atoms with Gasteiger partial charge in [-0.05, 0) is 62.3 Å². The summed E-state index contributed by atoms with van der Waals surface area (Å²) in [6.07, 6.45) is 2.67. The van der Waals surface area contributed by atoms with E-state index < -0.39 is 5.97 Å². The van der Waals surface area contributed by atoms with Crippen LogP contribution < -0.4 is 4.74 Å². The normalized spacial score (nSPS) is 17.6. The highest BCUT2D eigenvalue weighted by molar-refractivity contribution is 6.32. The highest BCUT2D eigenvalue weighted by Crippen LogP contribution is 2.26. The quantitative estimate of drug-likeness (QED) is 0.850. The molecule has 1 aromatic carbocycles. The van der Waals surface area contributed by atoms with E-state index in [1.54, 1.807) is 4.90 Å². The van der Waals surface area contributed by atoms with E-state index in [1.165, 1.54) is 0 Å². The van der Waals surface area contributed by atoms with Crippen LogP contribution in [0.4, 0.5) is 0 Å². The van der Waals surface area contributed by atoms with E-state index in [9.17, 15) is 9.59 Å². The first-order chi connectivity index (χ1) is 11.4. The van der Waals surface area contributed by atoms with Gasteiger partial charge in [0.2, 0.25) is 0 Å². The number of benzene rings is 1. The van der Waals surface area contributed by atoms with E-state index in [2.05, 4.69) is 0 Å². The lowest BCUT2D eigenvalue weighted by atomic mass is 9.93. The molecule has 0 aliphatic carbocycles. The van der Waals surface area contributed by atoms with E-state index in [4.69, 9.17) is 21.4 Å².